The normalized spacial score (nSPS) is 11.8. The fourth-order valence-corrected chi connectivity index (χ4v) is 3.60. The van der Waals surface area contributed by atoms with Crippen molar-refractivity contribution < 1.29 is 13.5 Å². The van der Waals surface area contributed by atoms with Crippen LogP contribution in [-0.2, 0) is 10.0 Å². The van der Waals surface area contributed by atoms with Gasteiger partial charge in [0.25, 0.3) is 0 Å². The quantitative estimate of drug-likeness (QED) is 0.805. The molecule has 0 unspecified atom stereocenters. The number of aromatic nitrogens is 1. The molecule has 0 fully saturated rings. The molecule has 0 saturated heterocycles. The zero-order chi connectivity index (χ0) is 13.8. The molecule has 0 bridgehead atoms. The summed E-state index contributed by atoms with van der Waals surface area (Å²) in [5.74, 6) is 0.287. The van der Waals surface area contributed by atoms with Gasteiger partial charge in [-0.15, -0.1) is 0 Å². The third kappa shape index (κ3) is 3.19. The van der Waals surface area contributed by atoms with Gasteiger partial charge in [0, 0.05) is 30.8 Å². The maximum absolute atomic E-state index is 12.4. The van der Waals surface area contributed by atoms with Crippen LogP contribution in [0.3, 0.4) is 0 Å². The van der Waals surface area contributed by atoms with Gasteiger partial charge in [-0.2, -0.15) is 4.31 Å². The summed E-state index contributed by atoms with van der Waals surface area (Å²) >= 11 is 3.21. The first-order chi connectivity index (χ1) is 8.47. The Balaban J connectivity index is 3.30. The van der Waals surface area contributed by atoms with Crippen molar-refractivity contribution in [2.75, 3.05) is 32.1 Å². The summed E-state index contributed by atoms with van der Waals surface area (Å²) in [4.78, 5) is 4.11. The lowest BCUT2D eigenvalue weighted by molar-refractivity contribution is 0.257. The highest BCUT2D eigenvalue weighted by Crippen LogP contribution is 2.25. The number of sulfonamides is 1. The molecule has 0 aliphatic heterocycles. The van der Waals surface area contributed by atoms with E-state index in [0.717, 1.165) is 0 Å². The Morgan fingerprint density at radius 2 is 2.22 bits per heavy atom. The van der Waals surface area contributed by atoms with Crippen LogP contribution in [0.5, 0.6) is 0 Å². The van der Waals surface area contributed by atoms with E-state index in [0.29, 0.717) is 11.0 Å². The van der Waals surface area contributed by atoms with E-state index in [1.165, 1.54) is 16.6 Å². The molecular formula is C10H16BrN3O3S. The second-order valence-electron chi connectivity index (χ2n) is 3.47. The van der Waals surface area contributed by atoms with Crippen LogP contribution in [0.15, 0.2) is 21.6 Å². The summed E-state index contributed by atoms with van der Waals surface area (Å²) in [7, 11) is -2.05. The molecule has 8 heteroatoms. The molecule has 0 spiro atoms. The number of anilines is 1. The second kappa shape index (κ2) is 6.46. The first kappa shape index (κ1) is 15.4. The highest BCUT2D eigenvalue weighted by atomic mass is 79.9. The van der Waals surface area contributed by atoms with Gasteiger partial charge < -0.3 is 10.4 Å². The zero-order valence-electron chi connectivity index (χ0n) is 10.2. The van der Waals surface area contributed by atoms with Gasteiger partial charge >= 0.3 is 0 Å². The van der Waals surface area contributed by atoms with Crippen LogP contribution in [0.2, 0.25) is 0 Å². The van der Waals surface area contributed by atoms with Crippen molar-refractivity contribution in [1.29, 1.82) is 0 Å². The number of likely N-dealkylation sites (N-methyl/N-ethyl adjacent to an activating group) is 1. The average Bonchev–Trinajstić information content (AvgIpc) is 2.35. The van der Waals surface area contributed by atoms with Crippen molar-refractivity contribution in [2.24, 2.45) is 0 Å². The molecule has 0 aliphatic carbocycles. The number of pyridine rings is 1. The van der Waals surface area contributed by atoms with Crippen molar-refractivity contribution in [3.05, 3.63) is 16.7 Å². The molecule has 0 saturated carbocycles. The fraction of sp³-hybridized carbons (Fsp3) is 0.500. The van der Waals surface area contributed by atoms with Gasteiger partial charge in [0.05, 0.1) is 6.61 Å². The van der Waals surface area contributed by atoms with E-state index in [4.69, 9.17) is 5.11 Å². The predicted molar refractivity (Wildman–Crippen MR) is 73.0 cm³/mol. The van der Waals surface area contributed by atoms with Gasteiger partial charge in [-0.1, -0.05) is 6.92 Å². The Hall–Kier alpha value is -0.700. The fourth-order valence-electron chi connectivity index (χ4n) is 1.50. The molecule has 6 nitrogen and oxygen atoms in total. The minimum Gasteiger partial charge on any atom is -0.395 e. The Morgan fingerprint density at radius 3 is 2.72 bits per heavy atom. The number of hydrogen-bond acceptors (Lipinski definition) is 5. The number of hydrogen-bond donors (Lipinski definition) is 2. The molecule has 18 heavy (non-hydrogen) atoms. The first-order valence-corrected chi connectivity index (χ1v) is 7.65. The average molecular weight is 338 g/mol. The summed E-state index contributed by atoms with van der Waals surface area (Å²) < 4.78 is 26.6. The molecule has 0 atom stereocenters. The molecular weight excluding hydrogens is 322 g/mol. The van der Waals surface area contributed by atoms with Crippen LogP contribution in [-0.4, -0.2) is 49.6 Å². The van der Waals surface area contributed by atoms with Gasteiger partial charge in [0.1, 0.15) is 10.7 Å². The van der Waals surface area contributed by atoms with Gasteiger partial charge in [-0.25, -0.2) is 13.4 Å². The minimum atomic E-state index is -3.66. The Morgan fingerprint density at radius 1 is 1.56 bits per heavy atom. The molecule has 0 aromatic carbocycles. The van der Waals surface area contributed by atoms with E-state index in [1.807, 2.05) is 0 Å². The lowest BCUT2D eigenvalue weighted by Crippen LogP contribution is -2.33. The van der Waals surface area contributed by atoms with Gasteiger partial charge in [-0.05, 0) is 22.0 Å². The minimum absolute atomic E-state index is 0.0640. The third-order valence-corrected chi connectivity index (χ3v) is 4.80. The maximum atomic E-state index is 12.4. The Bertz CT molecular complexity index is 507. The topological polar surface area (TPSA) is 82.5 Å². The highest BCUT2D eigenvalue weighted by Gasteiger charge is 2.26. The van der Waals surface area contributed by atoms with E-state index in [2.05, 4.69) is 26.2 Å². The van der Waals surface area contributed by atoms with E-state index in [9.17, 15) is 8.42 Å². The highest BCUT2D eigenvalue weighted by molar-refractivity contribution is 9.10. The molecule has 102 valence electrons. The van der Waals surface area contributed by atoms with Crippen molar-refractivity contribution in [3.8, 4) is 0 Å². The largest absolute Gasteiger partial charge is 0.395 e. The van der Waals surface area contributed by atoms with Crippen LogP contribution in [0.1, 0.15) is 6.92 Å². The lowest BCUT2D eigenvalue weighted by atomic mass is 10.4. The molecule has 1 rings (SSSR count). The molecule has 1 aromatic rings. The molecule has 1 heterocycles. The van der Waals surface area contributed by atoms with E-state index in [-0.39, 0.29) is 23.9 Å². The van der Waals surface area contributed by atoms with Crippen LogP contribution < -0.4 is 5.32 Å². The SMILES string of the molecule is CCN(CCO)S(=O)(=O)c1cc(Br)cnc1NC. The smallest absolute Gasteiger partial charge is 0.246 e. The van der Waals surface area contributed by atoms with Crippen molar-refractivity contribution in [3.63, 3.8) is 0 Å². The number of halogens is 1. The van der Waals surface area contributed by atoms with E-state index < -0.39 is 10.0 Å². The monoisotopic (exact) mass is 337 g/mol. The summed E-state index contributed by atoms with van der Waals surface area (Å²) in [5, 5.41) is 11.7. The maximum Gasteiger partial charge on any atom is 0.246 e. The van der Waals surface area contributed by atoms with Gasteiger partial charge in [0.2, 0.25) is 10.0 Å². The van der Waals surface area contributed by atoms with Gasteiger partial charge in [-0.3, -0.25) is 0 Å². The number of nitrogens with one attached hydrogen (secondary N) is 1. The molecule has 0 aliphatic rings. The van der Waals surface area contributed by atoms with Crippen LogP contribution in [0, 0.1) is 0 Å². The molecule has 1 aromatic heterocycles. The number of nitrogens with zero attached hydrogens (tertiary/aromatic N) is 2. The molecule has 2 N–H and O–H groups in total. The van der Waals surface area contributed by atoms with Crippen LogP contribution in [0.4, 0.5) is 5.82 Å². The number of rotatable bonds is 6. The number of aliphatic hydroxyl groups is 1. The summed E-state index contributed by atoms with van der Waals surface area (Å²) in [6.07, 6.45) is 1.52. The van der Waals surface area contributed by atoms with Crippen LogP contribution >= 0.6 is 15.9 Å². The predicted octanol–water partition coefficient (Wildman–Crippen LogP) is 0.889. The summed E-state index contributed by atoms with van der Waals surface area (Å²) in [5.41, 5.74) is 0. The lowest BCUT2D eigenvalue weighted by Gasteiger charge is -2.20. The summed E-state index contributed by atoms with van der Waals surface area (Å²) in [6, 6.07) is 1.49. The standard InChI is InChI=1S/C10H16BrN3O3S/c1-3-14(4-5-15)18(16,17)9-6-8(11)7-13-10(9)12-2/h6-7,15H,3-5H2,1-2H3,(H,12,13). The molecule has 0 amide bonds. The van der Waals surface area contributed by atoms with Crippen molar-refractivity contribution >= 4 is 31.8 Å². The van der Waals surface area contributed by atoms with Crippen LogP contribution in [0.25, 0.3) is 0 Å². The zero-order valence-corrected chi connectivity index (χ0v) is 12.6. The van der Waals surface area contributed by atoms with E-state index in [1.54, 1.807) is 14.0 Å². The Kier molecular flexibility index (Phi) is 5.51. The first-order valence-electron chi connectivity index (χ1n) is 5.41. The Labute approximate surface area is 115 Å². The second-order valence-corrected chi connectivity index (χ2v) is 6.29. The third-order valence-electron chi connectivity index (χ3n) is 2.38. The molecule has 0 radical (unpaired) electrons. The summed E-state index contributed by atoms with van der Waals surface area (Å²) in [6.45, 7) is 1.86. The van der Waals surface area contributed by atoms with Gasteiger partial charge in [0.15, 0.2) is 0 Å². The van der Waals surface area contributed by atoms with E-state index >= 15 is 0 Å². The number of aliphatic hydroxyl groups excluding tert-OH is 1. The van der Waals surface area contributed by atoms with Crippen molar-refractivity contribution in [1.82, 2.24) is 9.29 Å². The van der Waals surface area contributed by atoms with Crippen molar-refractivity contribution in [2.45, 2.75) is 11.8 Å².